The lowest BCUT2D eigenvalue weighted by Gasteiger charge is -2.33. The third-order valence-electron chi connectivity index (χ3n) is 5.91. The van der Waals surface area contributed by atoms with E-state index in [1.165, 1.54) is 18.4 Å². The van der Waals surface area contributed by atoms with Crippen LogP contribution in [0.1, 0.15) is 65.5 Å². The molecule has 2 aromatic carbocycles. The molecular formula is C24H27NO4. The second-order valence-electron chi connectivity index (χ2n) is 8.12. The van der Waals surface area contributed by atoms with Crippen molar-refractivity contribution in [3.8, 4) is 11.8 Å². The predicted octanol–water partition coefficient (Wildman–Crippen LogP) is 3.61. The van der Waals surface area contributed by atoms with Crippen LogP contribution < -0.4 is 4.74 Å². The average Bonchev–Trinajstić information content (AvgIpc) is 3.58. The van der Waals surface area contributed by atoms with Crippen LogP contribution in [0, 0.1) is 11.3 Å². The second kappa shape index (κ2) is 8.54. The van der Waals surface area contributed by atoms with Gasteiger partial charge in [0.2, 0.25) is 0 Å². The van der Waals surface area contributed by atoms with Crippen molar-refractivity contribution in [2.24, 2.45) is 0 Å². The molecule has 2 fully saturated rings. The van der Waals surface area contributed by atoms with Crippen molar-refractivity contribution in [3.05, 3.63) is 64.2 Å². The molecule has 1 heterocycles. The molecule has 1 saturated heterocycles. The minimum absolute atomic E-state index is 0.124. The molecule has 4 rings (SSSR count). The standard InChI is InChI=1S/C24H27NO4/c1-28-24-10-19(23-12-20(27)11-21(14-26)29-23)9-18(22(24)13-25)8-15-2-4-16(5-3-15)17-6-7-17/h2-5,9-10,17,20-21,23,26-27H,6-8,11-12,14H2,1H3/t20-,21-,23+/m0/s1. The summed E-state index contributed by atoms with van der Waals surface area (Å²) in [4.78, 5) is 0. The van der Waals surface area contributed by atoms with Gasteiger partial charge < -0.3 is 19.7 Å². The van der Waals surface area contributed by atoms with Crippen LogP contribution in [-0.2, 0) is 11.2 Å². The maximum absolute atomic E-state index is 10.2. The molecule has 2 aliphatic rings. The van der Waals surface area contributed by atoms with Gasteiger partial charge in [-0.15, -0.1) is 0 Å². The van der Waals surface area contributed by atoms with Gasteiger partial charge in [0.1, 0.15) is 11.8 Å². The molecule has 2 N–H and O–H groups in total. The maximum atomic E-state index is 10.2. The van der Waals surface area contributed by atoms with Crippen LogP contribution >= 0.6 is 0 Å². The highest BCUT2D eigenvalue weighted by Crippen LogP contribution is 2.40. The van der Waals surface area contributed by atoms with Crippen molar-refractivity contribution < 1.29 is 19.7 Å². The summed E-state index contributed by atoms with van der Waals surface area (Å²) in [5.74, 6) is 1.23. The Labute approximate surface area is 171 Å². The molecule has 0 bridgehead atoms. The van der Waals surface area contributed by atoms with Gasteiger partial charge >= 0.3 is 0 Å². The lowest BCUT2D eigenvalue weighted by molar-refractivity contribution is -0.113. The highest BCUT2D eigenvalue weighted by atomic mass is 16.5. The van der Waals surface area contributed by atoms with E-state index in [1.54, 1.807) is 7.11 Å². The number of methoxy groups -OCH3 is 1. The molecule has 1 aliphatic carbocycles. The Hall–Kier alpha value is -2.39. The summed E-state index contributed by atoms with van der Waals surface area (Å²) < 4.78 is 11.5. The van der Waals surface area contributed by atoms with E-state index in [0.29, 0.717) is 30.6 Å². The van der Waals surface area contributed by atoms with Gasteiger partial charge in [-0.05, 0) is 53.5 Å². The number of aliphatic hydroxyl groups is 2. The number of ether oxygens (including phenoxy) is 2. The van der Waals surface area contributed by atoms with Crippen molar-refractivity contribution in [1.82, 2.24) is 0 Å². The third-order valence-corrected chi connectivity index (χ3v) is 5.91. The first-order valence-electron chi connectivity index (χ1n) is 10.3. The fourth-order valence-corrected chi connectivity index (χ4v) is 4.18. The van der Waals surface area contributed by atoms with Crippen molar-refractivity contribution in [3.63, 3.8) is 0 Å². The van der Waals surface area contributed by atoms with Gasteiger partial charge in [-0.2, -0.15) is 5.26 Å². The lowest BCUT2D eigenvalue weighted by atomic mass is 9.91. The predicted molar refractivity (Wildman–Crippen MR) is 109 cm³/mol. The zero-order valence-corrected chi connectivity index (χ0v) is 16.7. The second-order valence-corrected chi connectivity index (χ2v) is 8.12. The van der Waals surface area contributed by atoms with Crippen molar-refractivity contribution in [1.29, 1.82) is 5.26 Å². The van der Waals surface area contributed by atoms with Crippen LogP contribution in [-0.4, -0.2) is 36.1 Å². The average molecular weight is 393 g/mol. The molecule has 0 radical (unpaired) electrons. The first-order valence-corrected chi connectivity index (χ1v) is 10.3. The largest absolute Gasteiger partial charge is 0.495 e. The molecule has 0 aromatic heterocycles. The summed E-state index contributed by atoms with van der Waals surface area (Å²) >= 11 is 0. The molecular weight excluding hydrogens is 366 g/mol. The van der Waals surface area contributed by atoms with Crippen molar-refractivity contribution in [2.75, 3.05) is 13.7 Å². The highest BCUT2D eigenvalue weighted by molar-refractivity contribution is 5.53. The Morgan fingerprint density at radius 2 is 1.90 bits per heavy atom. The Bertz CT molecular complexity index is 898. The summed E-state index contributed by atoms with van der Waals surface area (Å²) in [5.41, 5.74) is 4.80. The number of rotatable bonds is 6. The molecule has 0 amide bonds. The van der Waals surface area contributed by atoms with Crippen LogP contribution in [0.4, 0.5) is 0 Å². The highest BCUT2D eigenvalue weighted by Gasteiger charge is 2.30. The van der Waals surface area contributed by atoms with Crippen LogP contribution in [0.25, 0.3) is 0 Å². The van der Waals surface area contributed by atoms with E-state index in [4.69, 9.17) is 9.47 Å². The van der Waals surface area contributed by atoms with Gasteiger partial charge in [-0.3, -0.25) is 0 Å². The fraction of sp³-hybridized carbons (Fsp3) is 0.458. The monoisotopic (exact) mass is 393 g/mol. The molecule has 1 aliphatic heterocycles. The maximum Gasteiger partial charge on any atom is 0.137 e. The summed E-state index contributed by atoms with van der Waals surface area (Å²) in [6.45, 7) is -0.124. The molecule has 0 spiro atoms. The Kier molecular flexibility index (Phi) is 5.86. The molecule has 0 unspecified atom stereocenters. The molecule has 3 atom stereocenters. The minimum Gasteiger partial charge on any atom is -0.495 e. The van der Waals surface area contributed by atoms with Crippen molar-refractivity contribution in [2.45, 2.75) is 56.3 Å². The normalized spacial score (nSPS) is 24.1. The van der Waals surface area contributed by atoms with E-state index < -0.39 is 6.10 Å². The van der Waals surface area contributed by atoms with Gasteiger partial charge in [0.25, 0.3) is 0 Å². The Morgan fingerprint density at radius 1 is 1.14 bits per heavy atom. The first kappa shape index (κ1) is 19.9. The van der Waals surface area contributed by atoms with Crippen LogP contribution in [0.2, 0.25) is 0 Å². The smallest absolute Gasteiger partial charge is 0.137 e. The number of nitriles is 1. The molecule has 1 saturated carbocycles. The van der Waals surface area contributed by atoms with Gasteiger partial charge in [0.05, 0.1) is 37.6 Å². The molecule has 152 valence electrons. The molecule has 5 heteroatoms. The van der Waals surface area contributed by atoms with Crippen LogP contribution in [0.3, 0.4) is 0 Å². The topological polar surface area (TPSA) is 82.7 Å². The third kappa shape index (κ3) is 4.45. The van der Waals surface area contributed by atoms with Gasteiger partial charge in [-0.25, -0.2) is 0 Å². The molecule has 29 heavy (non-hydrogen) atoms. The van der Waals surface area contributed by atoms with E-state index in [9.17, 15) is 15.5 Å². The minimum atomic E-state index is -0.522. The Balaban J connectivity index is 1.64. The summed E-state index contributed by atoms with van der Waals surface area (Å²) in [7, 11) is 1.56. The zero-order chi connectivity index (χ0) is 20.4. The van der Waals surface area contributed by atoms with E-state index in [-0.39, 0.29) is 18.8 Å². The quantitative estimate of drug-likeness (QED) is 0.783. The van der Waals surface area contributed by atoms with Crippen molar-refractivity contribution >= 4 is 0 Å². The summed E-state index contributed by atoms with van der Waals surface area (Å²) in [5, 5.41) is 29.4. The zero-order valence-electron chi connectivity index (χ0n) is 16.7. The van der Waals surface area contributed by atoms with Crippen LogP contribution in [0.15, 0.2) is 36.4 Å². The first-order chi connectivity index (χ1) is 14.1. The molecule has 2 aromatic rings. The Morgan fingerprint density at radius 3 is 2.52 bits per heavy atom. The van der Waals surface area contributed by atoms with E-state index >= 15 is 0 Å². The number of hydrogen-bond donors (Lipinski definition) is 2. The number of aliphatic hydroxyl groups excluding tert-OH is 2. The number of benzene rings is 2. The molecule has 5 nitrogen and oxygen atoms in total. The van der Waals surface area contributed by atoms with Crippen LogP contribution in [0.5, 0.6) is 5.75 Å². The van der Waals surface area contributed by atoms with Gasteiger partial charge in [0, 0.05) is 12.8 Å². The fourth-order valence-electron chi connectivity index (χ4n) is 4.18. The lowest BCUT2D eigenvalue weighted by Crippen LogP contribution is -2.33. The summed E-state index contributed by atoms with van der Waals surface area (Å²) in [6.07, 6.45) is 2.82. The van der Waals surface area contributed by atoms with E-state index in [2.05, 4.69) is 30.3 Å². The van der Waals surface area contributed by atoms with E-state index in [1.807, 2.05) is 12.1 Å². The number of hydrogen-bond acceptors (Lipinski definition) is 5. The SMILES string of the molecule is COc1cc([C@H]2C[C@@H](O)C[C@@H](CO)O2)cc(Cc2ccc(C3CC3)cc2)c1C#N. The number of nitrogens with zero attached hydrogens (tertiary/aromatic N) is 1. The van der Waals surface area contributed by atoms with E-state index in [0.717, 1.165) is 22.6 Å². The summed E-state index contributed by atoms with van der Waals surface area (Å²) in [6, 6.07) is 14.7. The van der Waals surface area contributed by atoms with Gasteiger partial charge in [-0.1, -0.05) is 30.3 Å². The van der Waals surface area contributed by atoms with Gasteiger partial charge in [0.15, 0.2) is 0 Å².